The van der Waals surface area contributed by atoms with E-state index in [2.05, 4.69) is 34.6 Å². The van der Waals surface area contributed by atoms with Gasteiger partial charge in [-0.3, -0.25) is 14.4 Å². The number of esters is 3. The summed E-state index contributed by atoms with van der Waals surface area (Å²) in [6.45, 7) is 11.3. The average molecular weight is 807 g/mol. The van der Waals surface area contributed by atoms with Crippen LogP contribution in [0.2, 0.25) is 0 Å². The van der Waals surface area contributed by atoms with Gasteiger partial charge in [0.15, 0.2) is 6.10 Å². The minimum Gasteiger partial charge on any atom is -0.462 e. The van der Waals surface area contributed by atoms with Crippen molar-refractivity contribution in [3.05, 3.63) is 0 Å². The van der Waals surface area contributed by atoms with Gasteiger partial charge in [0.2, 0.25) is 0 Å². The van der Waals surface area contributed by atoms with Gasteiger partial charge in [-0.25, -0.2) is 0 Å². The van der Waals surface area contributed by atoms with E-state index >= 15 is 0 Å². The van der Waals surface area contributed by atoms with Crippen LogP contribution in [0.25, 0.3) is 0 Å². The highest BCUT2D eigenvalue weighted by Crippen LogP contribution is 2.17. The number of carbonyl (C=O) groups is 3. The Morgan fingerprint density at radius 2 is 0.579 bits per heavy atom. The summed E-state index contributed by atoms with van der Waals surface area (Å²) in [5.41, 5.74) is 0. The third kappa shape index (κ3) is 45.3. The lowest BCUT2D eigenvalue weighted by atomic mass is 10.0. The summed E-state index contributed by atoms with van der Waals surface area (Å²) >= 11 is 0. The SMILES string of the molecule is CCCCCCCCCCCCCCCCCCC(=O)O[C@@H](COC(=O)CCCCCCCCCCCCCC(C)C)COC(=O)CCCCCCCCC(C)C. The molecule has 0 heterocycles. The van der Waals surface area contributed by atoms with E-state index in [1.807, 2.05) is 0 Å². The number of ether oxygens (including phenoxy) is 3. The molecular weight excluding hydrogens is 709 g/mol. The fourth-order valence-electron chi connectivity index (χ4n) is 7.64. The van der Waals surface area contributed by atoms with Gasteiger partial charge in [-0.1, -0.05) is 240 Å². The summed E-state index contributed by atoms with van der Waals surface area (Å²) in [4.78, 5) is 37.8. The number of rotatable bonds is 45. The van der Waals surface area contributed by atoms with Crippen LogP contribution in [0.3, 0.4) is 0 Å². The van der Waals surface area contributed by atoms with E-state index in [4.69, 9.17) is 14.2 Å². The molecule has 0 spiro atoms. The van der Waals surface area contributed by atoms with Crippen molar-refractivity contribution in [1.29, 1.82) is 0 Å². The van der Waals surface area contributed by atoms with Gasteiger partial charge < -0.3 is 14.2 Å². The normalized spacial score (nSPS) is 12.1. The molecule has 0 amide bonds. The Hall–Kier alpha value is -1.59. The quantitative estimate of drug-likeness (QED) is 0.0346. The van der Waals surface area contributed by atoms with E-state index in [-0.39, 0.29) is 31.1 Å². The zero-order valence-electron chi connectivity index (χ0n) is 39.0. The van der Waals surface area contributed by atoms with Crippen molar-refractivity contribution >= 4 is 17.9 Å². The van der Waals surface area contributed by atoms with Gasteiger partial charge in [0.1, 0.15) is 13.2 Å². The standard InChI is InChI=1S/C51H98O6/c1-6-7-8-9-10-11-12-13-14-15-16-19-23-26-33-38-43-51(54)57-48(45-56-50(53)42-37-32-28-27-30-35-40-47(4)5)44-55-49(52)41-36-31-25-22-20-17-18-21-24-29-34-39-46(2)3/h46-48H,6-45H2,1-5H3/t48-/m0/s1. The highest BCUT2D eigenvalue weighted by Gasteiger charge is 2.19. The molecule has 57 heavy (non-hydrogen) atoms. The molecule has 1 atom stereocenters. The molecule has 0 saturated carbocycles. The Bertz CT molecular complexity index is 870. The minimum atomic E-state index is -0.761. The lowest BCUT2D eigenvalue weighted by molar-refractivity contribution is -0.167. The molecule has 0 aromatic heterocycles. The van der Waals surface area contributed by atoms with Crippen molar-refractivity contribution in [2.75, 3.05) is 13.2 Å². The molecule has 338 valence electrons. The predicted octanol–water partition coefficient (Wildman–Crippen LogP) is 16.1. The Labute approximate surface area is 355 Å². The molecule has 0 bridgehead atoms. The van der Waals surface area contributed by atoms with E-state index in [1.165, 1.54) is 167 Å². The van der Waals surface area contributed by atoms with Crippen LogP contribution in [0.5, 0.6) is 0 Å². The lowest BCUT2D eigenvalue weighted by Crippen LogP contribution is -2.30. The Kier molecular flexibility index (Phi) is 42.7. The van der Waals surface area contributed by atoms with Gasteiger partial charge in [0.25, 0.3) is 0 Å². The maximum atomic E-state index is 12.8. The molecule has 0 fully saturated rings. The number of carbonyl (C=O) groups excluding carboxylic acids is 3. The van der Waals surface area contributed by atoms with Crippen LogP contribution in [0.1, 0.15) is 279 Å². The van der Waals surface area contributed by atoms with Crippen LogP contribution in [0.15, 0.2) is 0 Å². The minimum absolute atomic E-state index is 0.0648. The zero-order chi connectivity index (χ0) is 41.9. The first-order valence-electron chi connectivity index (χ1n) is 25.2. The molecule has 0 aromatic carbocycles. The summed E-state index contributed by atoms with van der Waals surface area (Å²) < 4.78 is 16.8. The van der Waals surface area contributed by atoms with Gasteiger partial charge in [0.05, 0.1) is 0 Å². The number of hydrogen-bond acceptors (Lipinski definition) is 6. The fourth-order valence-corrected chi connectivity index (χ4v) is 7.64. The second-order valence-corrected chi connectivity index (χ2v) is 18.4. The Morgan fingerprint density at radius 3 is 0.860 bits per heavy atom. The summed E-state index contributed by atoms with van der Waals surface area (Å²) in [6.07, 6.45) is 43.9. The molecule has 0 N–H and O–H groups in total. The maximum Gasteiger partial charge on any atom is 0.306 e. The first kappa shape index (κ1) is 55.4. The van der Waals surface area contributed by atoms with Crippen LogP contribution in [-0.4, -0.2) is 37.2 Å². The molecule has 0 aromatic rings. The smallest absolute Gasteiger partial charge is 0.306 e. The monoisotopic (exact) mass is 807 g/mol. The molecule has 0 rings (SSSR count). The van der Waals surface area contributed by atoms with Crippen molar-refractivity contribution in [2.24, 2.45) is 11.8 Å². The molecule has 0 aliphatic heterocycles. The molecule has 6 nitrogen and oxygen atoms in total. The topological polar surface area (TPSA) is 78.9 Å². The third-order valence-electron chi connectivity index (χ3n) is 11.5. The van der Waals surface area contributed by atoms with Gasteiger partial charge >= 0.3 is 17.9 Å². The summed E-state index contributed by atoms with van der Waals surface area (Å²) in [5.74, 6) is 0.735. The molecule has 6 heteroatoms. The van der Waals surface area contributed by atoms with Gasteiger partial charge in [-0.15, -0.1) is 0 Å². The average Bonchev–Trinajstić information content (AvgIpc) is 3.18. The molecule has 0 aliphatic rings. The zero-order valence-corrected chi connectivity index (χ0v) is 39.0. The van der Waals surface area contributed by atoms with E-state index < -0.39 is 6.10 Å². The van der Waals surface area contributed by atoms with E-state index in [1.54, 1.807) is 0 Å². The van der Waals surface area contributed by atoms with Gasteiger partial charge in [-0.2, -0.15) is 0 Å². The van der Waals surface area contributed by atoms with E-state index in [0.717, 1.165) is 69.6 Å². The molecule has 0 saturated heterocycles. The highest BCUT2D eigenvalue weighted by molar-refractivity contribution is 5.71. The summed E-state index contributed by atoms with van der Waals surface area (Å²) in [5, 5.41) is 0. The second kappa shape index (κ2) is 44.0. The van der Waals surface area contributed by atoms with Crippen molar-refractivity contribution < 1.29 is 28.6 Å². The predicted molar refractivity (Wildman–Crippen MR) is 243 cm³/mol. The van der Waals surface area contributed by atoms with Gasteiger partial charge in [-0.05, 0) is 31.1 Å². The summed E-state index contributed by atoms with van der Waals surface area (Å²) in [6, 6.07) is 0. The first-order valence-corrected chi connectivity index (χ1v) is 25.2. The van der Waals surface area contributed by atoms with Crippen LogP contribution < -0.4 is 0 Å². The van der Waals surface area contributed by atoms with Crippen LogP contribution >= 0.6 is 0 Å². The first-order chi connectivity index (χ1) is 27.7. The fraction of sp³-hybridized carbons (Fsp3) is 0.941. The summed E-state index contributed by atoms with van der Waals surface area (Å²) in [7, 11) is 0. The van der Waals surface area contributed by atoms with Crippen molar-refractivity contribution in [3.8, 4) is 0 Å². The second-order valence-electron chi connectivity index (χ2n) is 18.4. The van der Waals surface area contributed by atoms with Crippen LogP contribution in [0, 0.1) is 11.8 Å². The van der Waals surface area contributed by atoms with Crippen LogP contribution in [-0.2, 0) is 28.6 Å². The highest BCUT2D eigenvalue weighted by atomic mass is 16.6. The maximum absolute atomic E-state index is 12.8. The van der Waals surface area contributed by atoms with Crippen molar-refractivity contribution in [1.82, 2.24) is 0 Å². The molecular formula is C51H98O6. The molecule has 0 radical (unpaired) electrons. The largest absolute Gasteiger partial charge is 0.462 e. The Morgan fingerprint density at radius 1 is 0.333 bits per heavy atom. The van der Waals surface area contributed by atoms with E-state index in [0.29, 0.717) is 19.3 Å². The van der Waals surface area contributed by atoms with Crippen LogP contribution in [0.4, 0.5) is 0 Å². The third-order valence-corrected chi connectivity index (χ3v) is 11.5. The van der Waals surface area contributed by atoms with E-state index in [9.17, 15) is 14.4 Å². The lowest BCUT2D eigenvalue weighted by Gasteiger charge is -2.18. The van der Waals surface area contributed by atoms with Crippen molar-refractivity contribution in [3.63, 3.8) is 0 Å². The van der Waals surface area contributed by atoms with Gasteiger partial charge in [0, 0.05) is 19.3 Å². The van der Waals surface area contributed by atoms with Crippen molar-refractivity contribution in [2.45, 2.75) is 285 Å². The molecule has 0 aliphatic carbocycles. The molecule has 0 unspecified atom stereocenters. The Balaban J connectivity index is 4.28. The number of unbranched alkanes of at least 4 members (excludes halogenated alkanes) is 30. The number of hydrogen-bond donors (Lipinski definition) is 0.